The summed E-state index contributed by atoms with van der Waals surface area (Å²) in [6.07, 6.45) is 0.249. The smallest absolute Gasteiger partial charge is 0.240 e. The summed E-state index contributed by atoms with van der Waals surface area (Å²) in [5, 5.41) is 8.77. The van der Waals surface area contributed by atoms with Crippen molar-refractivity contribution in [3.8, 4) is 6.07 Å². The normalized spacial score (nSPS) is 11.6. The minimum absolute atomic E-state index is 0.131. The Morgan fingerprint density at radius 1 is 1.28 bits per heavy atom. The largest absolute Gasteiger partial charge is 0.383 e. The molecule has 1 aromatic heterocycles. The lowest BCUT2D eigenvalue weighted by molar-refractivity contribution is -0.117. The fraction of sp³-hybridized carbons (Fsp3) is 0.294. The van der Waals surface area contributed by atoms with Crippen LogP contribution in [0.5, 0.6) is 0 Å². The lowest BCUT2D eigenvalue weighted by Gasteiger charge is -2.25. The average Bonchev–Trinajstić information content (AvgIpc) is 2.55. The van der Waals surface area contributed by atoms with E-state index in [9.17, 15) is 4.79 Å². The molecule has 0 radical (unpaired) electrons. The van der Waals surface area contributed by atoms with Crippen molar-refractivity contribution in [1.82, 2.24) is 9.97 Å². The van der Waals surface area contributed by atoms with Crippen LogP contribution >= 0.6 is 11.8 Å². The summed E-state index contributed by atoms with van der Waals surface area (Å²) in [5.41, 5.74) is 13.2. The van der Waals surface area contributed by atoms with Gasteiger partial charge in [0.1, 0.15) is 11.6 Å². The van der Waals surface area contributed by atoms with Crippen LogP contribution in [0.25, 0.3) is 0 Å². The van der Waals surface area contributed by atoms with E-state index >= 15 is 0 Å². The minimum atomic E-state index is -0.457. The SMILES string of the molecule is Cc1ccc(N(CCC#N)C(=O)C(C)Sc2nc(N)cc(N)n2)cc1. The van der Waals surface area contributed by atoms with Crippen LogP contribution in [-0.2, 0) is 4.79 Å². The van der Waals surface area contributed by atoms with E-state index in [4.69, 9.17) is 16.7 Å². The van der Waals surface area contributed by atoms with Gasteiger partial charge in [-0.25, -0.2) is 9.97 Å². The molecule has 0 saturated heterocycles. The number of hydrogen-bond donors (Lipinski definition) is 2. The van der Waals surface area contributed by atoms with Gasteiger partial charge in [-0.15, -0.1) is 0 Å². The molecule has 2 aromatic rings. The van der Waals surface area contributed by atoms with Crippen LogP contribution in [0.4, 0.5) is 17.3 Å². The third-order valence-corrected chi connectivity index (χ3v) is 4.38. The summed E-state index contributed by atoms with van der Waals surface area (Å²) in [4.78, 5) is 22.7. The molecule has 1 unspecified atom stereocenters. The standard InChI is InChI=1S/C17H20N6OS/c1-11-4-6-13(7-5-11)23(9-3-8-18)16(24)12(2)25-17-21-14(19)10-15(20)22-17/h4-7,10,12H,3,9H2,1-2H3,(H4,19,20,21,22). The molecule has 1 aromatic carbocycles. The zero-order valence-corrected chi connectivity index (χ0v) is 15.0. The third-order valence-electron chi connectivity index (χ3n) is 3.43. The zero-order valence-electron chi connectivity index (χ0n) is 14.1. The van der Waals surface area contributed by atoms with Gasteiger partial charge in [0, 0.05) is 18.3 Å². The predicted molar refractivity (Wildman–Crippen MR) is 99.9 cm³/mol. The molecule has 0 aliphatic heterocycles. The van der Waals surface area contributed by atoms with Crippen molar-refractivity contribution >= 4 is 35.0 Å². The molecule has 1 amide bonds. The summed E-state index contributed by atoms with van der Waals surface area (Å²) in [6, 6.07) is 11.1. The average molecular weight is 356 g/mol. The summed E-state index contributed by atoms with van der Waals surface area (Å²) >= 11 is 1.18. The topological polar surface area (TPSA) is 122 Å². The van der Waals surface area contributed by atoms with E-state index in [-0.39, 0.29) is 24.0 Å². The lowest BCUT2D eigenvalue weighted by Crippen LogP contribution is -2.37. The molecule has 7 nitrogen and oxygen atoms in total. The van der Waals surface area contributed by atoms with Crippen molar-refractivity contribution in [2.45, 2.75) is 30.7 Å². The van der Waals surface area contributed by atoms with Crippen LogP contribution in [0.2, 0.25) is 0 Å². The van der Waals surface area contributed by atoms with Gasteiger partial charge in [0.25, 0.3) is 0 Å². The molecule has 1 atom stereocenters. The zero-order chi connectivity index (χ0) is 18.4. The predicted octanol–water partition coefficient (Wildman–Crippen LogP) is 2.38. The van der Waals surface area contributed by atoms with Crippen molar-refractivity contribution in [3.05, 3.63) is 35.9 Å². The van der Waals surface area contributed by atoms with E-state index in [0.717, 1.165) is 11.3 Å². The molecule has 1 heterocycles. The molecular weight excluding hydrogens is 336 g/mol. The number of aromatic nitrogens is 2. The molecule has 0 spiro atoms. The van der Waals surface area contributed by atoms with E-state index in [2.05, 4.69) is 16.0 Å². The van der Waals surface area contributed by atoms with Crippen molar-refractivity contribution < 1.29 is 4.79 Å². The second-order valence-electron chi connectivity index (χ2n) is 5.49. The quantitative estimate of drug-likeness (QED) is 0.602. The van der Waals surface area contributed by atoms with E-state index in [1.165, 1.54) is 17.8 Å². The molecular formula is C17H20N6OS. The highest BCUT2D eigenvalue weighted by molar-refractivity contribution is 8.00. The Balaban J connectivity index is 2.19. The van der Waals surface area contributed by atoms with Gasteiger partial charge in [-0.3, -0.25) is 4.79 Å². The summed E-state index contributed by atoms with van der Waals surface area (Å²) in [5.74, 6) is 0.387. The van der Waals surface area contributed by atoms with E-state index in [1.807, 2.05) is 31.2 Å². The van der Waals surface area contributed by atoms with Crippen LogP contribution in [0.3, 0.4) is 0 Å². The van der Waals surface area contributed by atoms with Gasteiger partial charge < -0.3 is 16.4 Å². The first-order chi connectivity index (χ1) is 11.9. The number of thioether (sulfide) groups is 1. The van der Waals surface area contributed by atoms with E-state index in [1.54, 1.807) is 11.8 Å². The number of carbonyl (C=O) groups excluding carboxylic acids is 1. The van der Waals surface area contributed by atoms with Gasteiger partial charge in [-0.05, 0) is 26.0 Å². The van der Waals surface area contributed by atoms with Crippen molar-refractivity contribution in [2.75, 3.05) is 22.9 Å². The highest BCUT2D eigenvalue weighted by Crippen LogP contribution is 2.25. The number of benzene rings is 1. The molecule has 130 valence electrons. The maximum Gasteiger partial charge on any atom is 0.240 e. The Kier molecular flexibility index (Phi) is 6.19. The summed E-state index contributed by atoms with van der Waals surface area (Å²) < 4.78 is 0. The van der Waals surface area contributed by atoms with Gasteiger partial charge in [-0.2, -0.15) is 5.26 Å². The Labute approximate surface area is 151 Å². The second kappa shape index (κ2) is 8.35. The van der Waals surface area contributed by atoms with Crippen molar-refractivity contribution in [2.24, 2.45) is 0 Å². The lowest BCUT2D eigenvalue weighted by atomic mass is 10.2. The first-order valence-corrected chi connectivity index (χ1v) is 8.60. The maximum absolute atomic E-state index is 12.9. The monoisotopic (exact) mass is 356 g/mol. The van der Waals surface area contributed by atoms with Crippen LogP contribution in [0.15, 0.2) is 35.5 Å². The molecule has 8 heteroatoms. The number of nitrogen functional groups attached to an aromatic ring is 2. The summed E-state index contributed by atoms with van der Waals surface area (Å²) in [6.45, 7) is 4.07. The molecule has 0 bridgehead atoms. The number of nitrogens with zero attached hydrogens (tertiary/aromatic N) is 4. The molecule has 2 rings (SSSR count). The number of rotatable bonds is 6. The summed E-state index contributed by atoms with van der Waals surface area (Å²) in [7, 11) is 0. The first kappa shape index (κ1) is 18.5. The maximum atomic E-state index is 12.9. The van der Waals surface area contributed by atoms with Gasteiger partial charge in [-0.1, -0.05) is 29.5 Å². The number of amides is 1. The first-order valence-electron chi connectivity index (χ1n) is 7.72. The minimum Gasteiger partial charge on any atom is -0.383 e. The van der Waals surface area contributed by atoms with Crippen LogP contribution < -0.4 is 16.4 Å². The molecule has 4 N–H and O–H groups in total. The van der Waals surface area contributed by atoms with Gasteiger partial charge in [0.2, 0.25) is 5.91 Å². The number of carbonyl (C=O) groups is 1. The fourth-order valence-electron chi connectivity index (χ4n) is 2.20. The Morgan fingerprint density at radius 2 is 1.88 bits per heavy atom. The van der Waals surface area contributed by atoms with Gasteiger partial charge in [0.15, 0.2) is 5.16 Å². The number of nitrogens with two attached hydrogens (primary N) is 2. The van der Waals surface area contributed by atoms with Crippen LogP contribution in [0, 0.1) is 18.3 Å². The fourth-order valence-corrected chi connectivity index (χ4v) is 3.06. The van der Waals surface area contributed by atoms with Gasteiger partial charge >= 0.3 is 0 Å². The number of nitriles is 1. The Bertz CT molecular complexity index is 766. The Morgan fingerprint density at radius 3 is 2.44 bits per heavy atom. The highest BCUT2D eigenvalue weighted by atomic mass is 32.2. The molecule has 0 fully saturated rings. The van der Waals surface area contributed by atoms with Crippen molar-refractivity contribution in [1.29, 1.82) is 5.26 Å². The van der Waals surface area contributed by atoms with E-state index < -0.39 is 5.25 Å². The van der Waals surface area contributed by atoms with E-state index in [0.29, 0.717) is 11.7 Å². The Hall–Kier alpha value is -2.79. The second-order valence-corrected chi connectivity index (χ2v) is 6.80. The van der Waals surface area contributed by atoms with Crippen LogP contribution in [0.1, 0.15) is 18.9 Å². The molecule has 0 saturated carbocycles. The third kappa shape index (κ3) is 5.09. The molecule has 0 aliphatic carbocycles. The molecule has 0 aliphatic rings. The number of hydrogen-bond acceptors (Lipinski definition) is 7. The van der Waals surface area contributed by atoms with Crippen molar-refractivity contribution in [3.63, 3.8) is 0 Å². The van der Waals surface area contributed by atoms with Gasteiger partial charge in [0.05, 0.1) is 17.7 Å². The number of anilines is 3. The number of aryl methyl sites for hydroxylation is 1. The van der Waals surface area contributed by atoms with Crippen LogP contribution in [-0.4, -0.2) is 27.7 Å². The highest BCUT2D eigenvalue weighted by Gasteiger charge is 2.24. The molecule has 25 heavy (non-hydrogen) atoms.